The molecule has 0 N–H and O–H groups in total. The molecule has 0 aliphatic rings. The maximum atomic E-state index is 6.82. The van der Waals surface area contributed by atoms with Crippen molar-refractivity contribution in [2.75, 3.05) is 4.90 Å². The molecule has 3 heterocycles. The summed E-state index contributed by atoms with van der Waals surface area (Å²) in [6.07, 6.45) is 0. The molecular weight excluding hydrogens is 655 g/mol. The fourth-order valence-corrected chi connectivity index (χ4v) is 9.10. The van der Waals surface area contributed by atoms with Gasteiger partial charge in [0.1, 0.15) is 22.4 Å². The minimum Gasteiger partial charge on any atom is -0.456 e. The highest BCUT2D eigenvalue weighted by molar-refractivity contribution is 7.26. The summed E-state index contributed by atoms with van der Waals surface area (Å²) < 4.78 is 16.0. The predicted octanol–water partition coefficient (Wildman–Crippen LogP) is 14.7. The van der Waals surface area contributed by atoms with Gasteiger partial charge in [0.2, 0.25) is 0 Å². The molecule has 11 aromatic rings. The van der Waals surface area contributed by atoms with Crippen molar-refractivity contribution in [2.24, 2.45) is 0 Å². The van der Waals surface area contributed by atoms with Gasteiger partial charge in [-0.2, -0.15) is 0 Å². The zero-order valence-corrected chi connectivity index (χ0v) is 28.7. The Morgan fingerprint density at radius 2 is 1.00 bits per heavy atom. The van der Waals surface area contributed by atoms with Crippen LogP contribution in [-0.4, -0.2) is 0 Å². The number of para-hydroxylation sites is 2. The van der Waals surface area contributed by atoms with Crippen LogP contribution in [0.3, 0.4) is 0 Å². The number of anilines is 3. The van der Waals surface area contributed by atoms with Gasteiger partial charge in [-0.15, -0.1) is 11.3 Å². The second kappa shape index (κ2) is 11.5. The first-order chi connectivity index (χ1) is 25.8. The zero-order chi connectivity index (χ0) is 34.2. The molecule has 0 atom stereocenters. The van der Waals surface area contributed by atoms with Gasteiger partial charge in [0.05, 0.1) is 5.39 Å². The average molecular weight is 684 g/mol. The maximum absolute atomic E-state index is 6.82. The Hall–Kier alpha value is -6.62. The van der Waals surface area contributed by atoms with Crippen LogP contribution in [-0.2, 0) is 0 Å². The number of hydrogen-bond donors (Lipinski definition) is 0. The van der Waals surface area contributed by atoms with E-state index in [1.165, 1.54) is 36.9 Å². The van der Waals surface area contributed by atoms with Crippen molar-refractivity contribution in [3.63, 3.8) is 0 Å². The fourth-order valence-electron chi connectivity index (χ4n) is 7.86. The first-order valence-corrected chi connectivity index (χ1v) is 18.3. The van der Waals surface area contributed by atoms with Gasteiger partial charge in [-0.3, -0.25) is 0 Å². The molecule has 3 nitrogen and oxygen atoms in total. The second-order valence-electron chi connectivity index (χ2n) is 13.2. The molecule has 0 saturated carbocycles. The summed E-state index contributed by atoms with van der Waals surface area (Å²) in [5.41, 5.74) is 11.1. The van der Waals surface area contributed by atoms with E-state index in [4.69, 9.17) is 8.83 Å². The second-order valence-corrected chi connectivity index (χ2v) is 14.3. The number of thiophene rings is 1. The lowest BCUT2D eigenvalue weighted by Gasteiger charge is -2.27. The Balaban J connectivity index is 1.17. The van der Waals surface area contributed by atoms with Gasteiger partial charge >= 0.3 is 0 Å². The van der Waals surface area contributed by atoms with E-state index in [0.29, 0.717) is 0 Å². The highest BCUT2D eigenvalue weighted by Crippen LogP contribution is 2.50. The summed E-state index contributed by atoms with van der Waals surface area (Å²) in [5, 5.41) is 6.76. The fraction of sp³-hybridized carbons (Fsp3) is 0. The molecule has 52 heavy (non-hydrogen) atoms. The van der Waals surface area contributed by atoms with Crippen LogP contribution in [0.25, 0.3) is 86.3 Å². The normalized spacial score (nSPS) is 11.8. The zero-order valence-electron chi connectivity index (χ0n) is 27.9. The van der Waals surface area contributed by atoms with Crippen molar-refractivity contribution in [3.05, 3.63) is 176 Å². The molecule has 0 bridgehead atoms. The first kappa shape index (κ1) is 29.1. The summed E-state index contributed by atoms with van der Waals surface area (Å²) >= 11 is 1.86. The minimum atomic E-state index is 0.825. The largest absolute Gasteiger partial charge is 0.456 e. The van der Waals surface area contributed by atoms with Crippen molar-refractivity contribution in [1.82, 2.24) is 0 Å². The molecule has 4 heteroatoms. The molecule has 0 aliphatic heterocycles. The number of nitrogens with zero attached hydrogens (tertiary/aromatic N) is 1. The Morgan fingerprint density at radius 1 is 0.404 bits per heavy atom. The number of rotatable bonds is 5. The maximum Gasteiger partial charge on any atom is 0.160 e. The van der Waals surface area contributed by atoms with Crippen molar-refractivity contribution in [1.29, 1.82) is 0 Å². The van der Waals surface area contributed by atoms with Gasteiger partial charge in [0, 0.05) is 47.7 Å². The smallest absolute Gasteiger partial charge is 0.160 e. The Kier molecular flexibility index (Phi) is 6.42. The van der Waals surface area contributed by atoms with Crippen molar-refractivity contribution in [2.45, 2.75) is 0 Å². The lowest BCUT2D eigenvalue weighted by Crippen LogP contribution is -2.10. The molecule has 0 spiro atoms. The van der Waals surface area contributed by atoms with E-state index in [0.717, 1.165) is 66.5 Å². The third-order valence-electron chi connectivity index (χ3n) is 10.3. The van der Waals surface area contributed by atoms with Gasteiger partial charge in [-0.1, -0.05) is 127 Å². The molecule has 0 amide bonds. The van der Waals surface area contributed by atoms with Crippen LogP contribution in [0.15, 0.2) is 185 Å². The van der Waals surface area contributed by atoms with E-state index in [1.54, 1.807) is 0 Å². The molecule has 8 aromatic carbocycles. The number of furan rings is 2. The highest BCUT2D eigenvalue weighted by Gasteiger charge is 2.26. The topological polar surface area (TPSA) is 29.5 Å². The monoisotopic (exact) mass is 683 g/mol. The lowest BCUT2D eigenvalue weighted by atomic mass is 10.0. The third-order valence-corrected chi connectivity index (χ3v) is 11.5. The molecule has 0 fully saturated rings. The van der Waals surface area contributed by atoms with E-state index < -0.39 is 0 Å². The summed E-state index contributed by atoms with van der Waals surface area (Å²) in [4.78, 5) is 2.34. The lowest BCUT2D eigenvalue weighted by molar-refractivity contribution is 0.664. The summed E-state index contributed by atoms with van der Waals surface area (Å²) in [7, 11) is 0. The van der Waals surface area contributed by atoms with E-state index in [2.05, 4.69) is 157 Å². The number of benzene rings is 8. The van der Waals surface area contributed by atoms with Crippen LogP contribution >= 0.6 is 11.3 Å². The van der Waals surface area contributed by atoms with Crippen molar-refractivity contribution in [3.8, 4) is 22.3 Å². The minimum absolute atomic E-state index is 0.825. The van der Waals surface area contributed by atoms with Crippen LogP contribution in [0.2, 0.25) is 0 Å². The number of hydrogen-bond acceptors (Lipinski definition) is 4. The molecule has 11 rings (SSSR count). The summed E-state index contributed by atoms with van der Waals surface area (Å²) in [5.74, 6) is 0. The van der Waals surface area contributed by atoms with Gasteiger partial charge in [0.25, 0.3) is 0 Å². The van der Waals surface area contributed by atoms with Gasteiger partial charge in [-0.25, -0.2) is 0 Å². The standard InChI is InChI=1S/C48H29NO2S/c1-2-11-30(12-3-1)31-21-25-33(26-22-31)49(34-27-23-32(24-28-34)35-16-10-17-38-37-14-6-9-20-44(37)52-48(35)38)46-45-39-15-5-8-19-42(39)50-43(45)29-40-36-13-4-7-18-41(36)51-47(40)46/h1-29H. The van der Waals surface area contributed by atoms with E-state index >= 15 is 0 Å². The Bertz CT molecular complexity index is 3110. The Morgan fingerprint density at radius 3 is 1.77 bits per heavy atom. The molecule has 0 unspecified atom stereocenters. The van der Waals surface area contributed by atoms with Crippen LogP contribution in [0, 0.1) is 0 Å². The SMILES string of the molecule is c1ccc(-c2ccc(N(c3ccc(-c4cccc5c4sc4ccccc45)cc3)c3c4oc5ccccc5c4cc4oc5ccccc5c34)cc2)cc1. The molecular formula is C48H29NO2S. The average Bonchev–Trinajstić information content (AvgIpc) is 3.90. The molecule has 0 saturated heterocycles. The highest BCUT2D eigenvalue weighted by atomic mass is 32.1. The van der Waals surface area contributed by atoms with Gasteiger partial charge < -0.3 is 13.7 Å². The Labute approximate surface area is 303 Å². The predicted molar refractivity (Wildman–Crippen MR) is 219 cm³/mol. The van der Waals surface area contributed by atoms with Crippen LogP contribution in [0.1, 0.15) is 0 Å². The van der Waals surface area contributed by atoms with Crippen molar-refractivity contribution < 1.29 is 8.83 Å². The third kappa shape index (κ3) is 4.45. The summed E-state index contributed by atoms with van der Waals surface area (Å²) in [6.45, 7) is 0. The molecule has 0 aliphatic carbocycles. The molecule has 3 aromatic heterocycles. The van der Waals surface area contributed by atoms with Gasteiger partial charge in [0.15, 0.2) is 5.58 Å². The van der Waals surface area contributed by atoms with E-state index in [9.17, 15) is 0 Å². The van der Waals surface area contributed by atoms with Crippen molar-refractivity contribution >= 4 is 92.4 Å². The molecule has 0 radical (unpaired) electrons. The quantitative estimate of drug-likeness (QED) is 0.181. The van der Waals surface area contributed by atoms with Gasteiger partial charge in [-0.05, 0) is 70.8 Å². The van der Waals surface area contributed by atoms with E-state index in [-0.39, 0.29) is 0 Å². The van der Waals surface area contributed by atoms with Crippen LogP contribution in [0.5, 0.6) is 0 Å². The van der Waals surface area contributed by atoms with Crippen LogP contribution < -0.4 is 4.90 Å². The number of fused-ring (bicyclic) bond motifs is 9. The van der Waals surface area contributed by atoms with Crippen LogP contribution in [0.4, 0.5) is 17.1 Å². The summed E-state index contributed by atoms with van der Waals surface area (Å²) in [6, 6.07) is 62.4. The van der Waals surface area contributed by atoms with E-state index in [1.807, 2.05) is 35.6 Å². The first-order valence-electron chi connectivity index (χ1n) is 17.5. The molecule has 244 valence electrons.